The summed E-state index contributed by atoms with van der Waals surface area (Å²) < 4.78 is 10.1. The number of rotatable bonds is 13. The monoisotopic (exact) mass is 536 g/mol. The van der Waals surface area contributed by atoms with Gasteiger partial charge in [-0.25, -0.2) is 0 Å². The Bertz CT molecular complexity index is 813. The molecule has 3 rings (SSSR count). The normalized spacial score (nSPS) is 11.3. The molecular weight excluding hydrogens is 499 g/mol. The van der Waals surface area contributed by atoms with Crippen molar-refractivity contribution in [1.29, 1.82) is 0 Å². The molecule has 0 spiro atoms. The molecule has 0 aliphatic heterocycles. The Morgan fingerprint density at radius 1 is 0.594 bits per heavy atom. The van der Waals surface area contributed by atoms with Gasteiger partial charge in [0.1, 0.15) is 0 Å². The zero-order valence-electron chi connectivity index (χ0n) is 19.3. The van der Waals surface area contributed by atoms with Crippen LogP contribution in [0.2, 0.25) is 0 Å². The van der Waals surface area contributed by atoms with Gasteiger partial charge in [-0.3, -0.25) is 0 Å². The molecule has 32 heavy (non-hydrogen) atoms. The molecule has 0 saturated heterocycles. The van der Waals surface area contributed by atoms with E-state index in [1.165, 1.54) is 49.3 Å². The van der Waals surface area contributed by atoms with E-state index in [-0.39, 0.29) is 5.97 Å². The van der Waals surface area contributed by atoms with E-state index < -0.39 is 18.8 Å². The minimum atomic E-state index is -3.94. The van der Waals surface area contributed by atoms with Gasteiger partial charge in [0.15, 0.2) is 0 Å². The van der Waals surface area contributed by atoms with Crippen LogP contribution in [0, 0.1) is 0 Å². The van der Waals surface area contributed by atoms with Crippen molar-refractivity contribution in [2.24, 2.45) is 0 Å². The van der Waals surface area contributed by atoms with E-state index in [0.717, 1.165) is 12.8 Å². The van der Waals surface area contributed by atoms with Crippen LogP contribution in [0.25, 0.3) is 0 Å². The van der Waals surface area contributed by atoms with E-state index in [1.54, 1.807) is 0 Å². The van der Waals surface area contributed by atoms with Gasteiger partial charge in [0, 0.05) is 0 Å². The van der Waals surface area contributed by atoms with E-state index in [9.17, 15) is 4.79 Å². The minimum absolute atomic E-state index is 0.0525. The first-order valence-corrected chi connectivity index (χ1v) is 17.6. The fourth-order valence-corrected chi connectivity index (χ4v) is 15.1. The Hall–Kier alpha value is -2.07. The van der Waals surface area contributed by atoms with E-state index in [1.807, 2.05) is 18.2 Å². The van der Waals surface area contributed by atoms with Crippen LogP contribution in [0.5, 0.6) is 0 Å². The summed E-state index contributed by atoms with van der Waals surface area (Å²) >= 11 is -3.94. The van der Waals surface area contributed by atoms with Crippen molar-refractivity contribution in [2.75, 3.05) is 0 Å². The predicted molar refractivity (Wildman–Crippen MR) is 137 cm³/mol. The van der Waals surface area contributed by atoms with Crippen molar-refractivity contribution < 1.29 is 7.87 Å². The predicted octanol–water partition coefficient (Wildman–Crippen LogP) is 5.73. The molecule has 3 aromatic rings. The van der Waals surface area contributed by atoms with Crippen LogP contribution in [0.3, 0.4) is 0 Å². The molecule has 0 N–H and O–H groups in total. The Labute approximate surface area is 198 Å². The summed E-state index contributed by atoms with van der Waals surface area (Å²) in [5.41, 5.74) is 0. The second kappa shape index (κ2) is 13.5. The van der Waals surface area contributed by atoms with Crippen molar-refractivity contribution in [3.8, 4) is 0 Å². The summed E-state index contributed by atoms with van der Waals surface area (Å²) in [5.74, 6) is -0.0525. The molecule has 0 bridgehead atoms. The number of carbonyl (C=O) groups is 1. The van der Waals surface area contributed by atoms with Crippen LogP contribution < -0.4 is 10.7 Å². The summed E-state index contributed by atoms with van der Waals surface area (Å²) in [4.78, 5) is 13.2. The van der Waals surface area contributed by atoms with Crippen LogP contribution >= 0.6 is 0 Å². The van der Waals surface area contributed by atoms with Gasteiger partial charge in [-0.1, -0.05) is 0 Å². The van der Waals surface area contributed by atoms with Gasteiger partial charge >= 0.3 is 199 Å². The third kappa shape index (κ3) is 6.71. The van der Waals surface area contributed by atoms with Crippen molar-refractivity contribution in [1.82, 2.24) is 0 Å². The molecule has 168 valence electrons. The Balaban J connectivity index is 1.77. The van der Waals surface area contributed by atoms with Gasteiger partial charge in [-0.2, -0.15) is 0 Å². The zero-order valence-corrected chi connectivity index (χ0v) is 22.2. The van der Waals surface area contributed by atoms with Crippen LogP contribution in [0.15, 0.2) is 91.0 Å². The van der Waals surface area contributed by atoms with Crippen molar-refractivity contribution in [2.45, 2.75) is 64.7 Å². The van der Waals surface area contributed by atoms with Crippen molar-refractivity contribution in [3.05, 3.63) is 91.0 Å². The molecule has 0 unspecified atom stereocenters. The van der Waals surface area contributed by atoms with E-state index >= 15 is 0 Å². The standard InChI is InChI=1S/C11H22O2.3C6H5.Sn/c1-2-3-4-5-6-7-8-9-10-11(12)13;3*1-2-4-6-5-3-1;/h2-10H2,1H3,(H,12,13);3*1-5H;/q;;;;+1/p-1. The SMILES string of the molecule is CCCCCCCCCCC(=O)[O][Sn]([c]1ccccc1)([c]1ccccc1)[c]1ccccc1. The van der Waals surface area contributed by atoms with Crippen LogP contribution in [-0.4, -0.2) is 24.8 Å². The molecule has 3 aromatic carbocycles. The van der Waals surface area contributed by atoms with Crippen molar-refractivity contribution in [3.63, 3.8) is 0 Å². The van der Waals surface area contributed by atoms with Crippen LogP contribution in [0.4, 0.5) is 0 Å². The number of hydrogen-bond acceptors (Lipinski definition) is 2. The molecule has 0 heterocycles. The zero-order chi connectivity index (χ0) is 22.5. The summed E-state index contributed by atoms with van der Waals surface area (Å²) in [7, 11) is 0. The average molecular weight is 535 g/mol. The first kappa shape index (κ1) is 24.6. The van der Waals surface area contributed by atoms with Gasteiger partial charge in [-0.15, -0.1) is 0 Å². The Morgan fingerprint density at radius 3 is 1.38 bits per heavy atom. The summed E-state index contributed by atoms with van der Waals surface area (Å²) in [6.45, 7) is 2.25. The third-order valence-electron chi connectivity index (χ3n) is 6.04. The number of carbonyl (C=O) groups excluding carboxylic acids is 1. The molecule has 0 saturated carbocycles. The van der Waals surface area contributed by atoms with E-state index in [4.69, 9.17) is 3.07 Å². The van der Waals surface area contributed by atoms with Crippen LogP contribution in [-0.2, 0) is 7.87 Å². The van der Waals surface area contributed by atoms with E-state index in [0.29, 0.717) is 6.42 Å². The number of benzene rings is 3. The summed E-state index contributed by atoms with van der Waals surface area (Å²) in [6.07, 6.45) is 10.3. The maximum atomic E-state index is 13.2. The molecule has 0 amide bonds. The molecule has 2 nitrogen and oxygen atoms in total. The molecule has 0 radical (unpaired) electrons. The number of unbranched alkanes of at least 4 members (excludes halogenated alkanes) is 7. The fourth-order valence-electron chi connectivity index (χ4n) is 4.32. The first-order valence-electron chi connectivity index (χ1n) is 12.2. The Kier molecular flexibility index (Phi) is 10.3. The Morgan fingerprint density at radius 2 is 0.969 bits per heavy atom. The quantitative estimate of drug-likeness (QED) is 0.207. The van der Waals surface area contributed by atoms with E-state index in [2.05, 4.69) is 79.7 Å². The van der Waals surface area contributed by atoms with Gasteiger partial charge < -0.3 is 0 Å². The first-order chi connectivity index (χ1) is 15.8. The maximum absolute atomic E-state index is 13.2. The van der Waals surface area contributed by atoms with Gasteiger partial charge in [0.2, 0.25) is 0 Å². The molecule has 0 aliphatic carbocycles. The van der Waals surface area contributed by atoms with Gasteiger partial charge in [0.25, 0.3) is 0 Å². The summed E-state index contributed by atoms with van der Waals surface area (Å²) in [5, 5.41) is 0. The van der Waals surface area contributed by atoms with Gasteiger partial charge in [-0.05, 0) is 0 Å². The topological polar surface area (TPSA) is 26.3 Å². The molecule has 0 aromatic heterocycles. The fraction of sp³-hybridized carbons (Fsp3) is 0.345. The molecular formula is C29H36O2Sn. The van der Waals surface area contributed by atoms with Gasteiger partial charge in [0.05, 0.1) is 0 Å². The second-order valence-electron chi connectivity index (χ2n) is 8.48. The molecule has 3 heteroatoms. The molecule has 0 atom stereocenters. The molecule has 0 aliphatic rings. The summed E-state index contributed by atoms with van der Waals surface area (Å²) in [6, 6.07) is 31.2. The third-order valence-corrected chi connectivity index (χ3v) is 17.4. The number of hydrogen-bond donors (Lipinski definition) is 0. The molecule has 0 fully saturated rings. The van der Waals surface area contributed by atoms with Crippen LogP contribution in [0.1, 0.15) is 64.7 Å². The average Bonchev–Trinajstić information content (AvgIpc) is 2.86. The van der Waals surface area contributed by atoms with Crippen molar-refractivity contribution >= 4 is 35.5 Å². The second-order valence-corrected chi connectivity index (χ2v) is 17.9.